The van der Waals surface area contributed by atoms with E-state index in [0.717, 1.165) is 18.4 Å². The standard InChI is InChI=1S/C15H23NO2S/c1-4-11(2)9-12(3)16-14-10-19(17,18)15-8-6-5-7-13(14)15/h5-8,11-12,14,16H,4,9-10H2,1-3H3. The molecule has 106 valence electrons. The van der Waals surface area contributed by atoms with E-state index < -0.39 is 9.84 Å². The van der Waals surface area contributed by atoms with E-state index in [2.05, 4.69) is 26.1 Å². The lowest BCUT2D eigenvalue weighted by atomic mass is 9.99. The Morgan fingerprint density at radius 2 is 2.00 bits per heavy atom. The first-order valence-corrected chi connectivity index (χ1v) is 8.67. The molecule has 3 nitrogen and oxygen atoms in total. The molecule has 1 aromatic carbocycles. The zero-order chi connectivity index (χ0) is 14.0. The second kappa shape index (κ2) is 5.63. The molecule has 1 aliphatic heterocycles. The summed E-state index contributed by atoms with van der Waals surface area (Å²) in [5.74, 6) is 0.854. The fourth-order valence-corrected chi connectivity index (χ4v) is 4.52. The molecule has 0 radical (unpaired) electrons. The molecule has 3 unspecified atom stereocenters. The summed E-state index contributed by atoms with van der Waals surface area (Å²) in [5, 5.41) is 3.48. The highest BCUT2D eigenvalue weighted by Gasteiger charge is 2.34. The largest absolute Gasteiger partial charge is 0.306 e. The van der Waals surface area contributed by atoms with Crippen LogP contribution in [0.3, 0.4) is 0 Å². The van der Waals surface area contributed by atoms with Crippen molar-refractivity contribution in [2.75, 3.05) is 5.75 Å². The third kappa shape index (κ3) is 3.18. The van der Waals surface area contributed by atoms with Gasteiger partial charge in [0, 0.05) is 12.1 Å². The van der Waals surface area contributed by atoms with Crippen LogP contribution in [0.2, 0.25) is 0 Å². The summed E-state index contributed by atoms with van der Waals surface area (Å²) in [6, 6.07) is 7.62. The van der Waals surface area contributed by atoms with E-state index >= 15 is 0 Å². The van der Waals surface area contributed by atoms with Crippen molar-refractivity contribution < 1.29 is 8.42 Å². The van der Waals surface area contributed by atoms with Crippen molar-refractivity contribution in [3.8, 4) is 0 Å². The zero-order valence-corrected chi connectivity index (χ0v) is 12.7. The number of sulfone groups is 1. The van der Waals surface area contributed by atoms with Gasteiger partial charge in [-0.1, -0.05) is 38.5 Å². The maximum atomic E-state index is 12.1. The molecule has 0 bridgehead atoms. The van der Waals surface area contributed by atoms with Crippen LogP contribution in [0.5, 0.6) is 0 Å². The van der Waals surface area contributed by atoms with E-state index in [4.69, 9.17) is 0 Å². The topological polar surface area (TPSA) is 46.2 Å². The summed E-state index contributed by atoms with van der Waals surface area (Å²) < 4.78 is 24.2. The van der Waals surface area contributed by atoms with Crippen LogP contribution >= 0.6 is 0 Å². The van der Waals surface area contributed by atoms with Gasteiger partial charge in [0.2, 0.25) is 0 Å². The molecule has 0 aliphatic carbocycles. The van der Waals surface area contributed by atoms with Crippen LogP contribution in [0.25, 0.3) is 0 Å². The number of fused-ring (bicyclic) bond motifs is 1. The van der Waals surface area contributed by atoms with Crippen LogP contribution in [0.4, 0.5) is 0 Å². The first kappa shape index (κ1) is 14.5. The van der Waals surface area contributed by atoms with E-state index in [0.29, 0.717) is 16.9 Å². The lowest BCUT2D eigenvalue weighted by Crippen LogP contribution is -2.32. The van der Waals surface area contributed by atoms with Crippen molar-refractivity contribution in [1.29, 1.82) is 0 Å². The normalized spacial score (nSPS) is 23.8. The van der Waals surface area contributed by atoms with Crippen LogP contribution in [0.15, 0.2) is 29.2 Å². The van der Waals surface area contributed by atoms with Gasteiger partial charge in [-0.3, -0.25) is 0 Å². The van der Waals surface area contributed by atoms with Crippen LogP contribution in [-0.4, -0.2) is 20.2 Å². The predicted molar refractivity (Wildman–Crippen MR) is 77.9 cm³/mol. The summed E-state index contributed by atoms with van der Waals surface area (Å²) in [7, 11) is -3.10. The SMILES string of the molecule is CCC(C)CC(C)NC1CS(=O)(=O)c2ccccc21. The number of nitrogens with one attached hydrogen (secondary N) is 1. The Morgan fingerprint density at radius 3 is 2.68 bits per heavy atom. The summed E-state index contributed by atoms with van der Waals surface area (Å²) in [5.41, 5.74) is 0.929. The average Bonchev–Trinajstić information content (AvgIpc) is 2.61. The molecule has 0 amide bonds. The first-order chi connectivity index (χ1) is 8.94. The van der Waals surface area contributed by atoms with Gasteiger partial charge in [-0.05, 0) is 30.9 Å². The van der Waals surface area contributed by atoms with Gasteiger partial charge >= 0.3 is 0 Å². The van der Waals surface area contributed by atoms with E-state index in [1.807, 2.05) is 12.1 Å². The number of hydrogen-bond donors (Lipinski definition) is 1. The van der Waals surface area contributed by atoms with Gasteiger partial charge in [-0.15, -0.1) is 0 Å². The lowest BCUT2D eigenvalue weighted by molar-refractivity contribution is 0.387. The minimum Gasteiger partial charge on any atom is -0.306 e. The van der Waals surface area contributed by atoms with Gasteiger partial charge in [0.15, 0.2) is 9.84 Å². The molecule has 0 aromatic heterocycles. The Hall–Kier alpha value is -0.870. The second-order valence-electron chi connectivity index (χ2n) is 5.69. The maximum absolute atomic E-state index is 12.1. The van der Waals surface area contributed by atoms with Crippen molar-refractivity contribution in [2.24, 2.45) is 5.92 Å². The highest BCUT2D eigenvalue weighted by Crippen LogP contribution is 2.33. The average molecular weight is 281 g/mol. The minimum absolute atomic E-state index is 0.0553. The van der Waals surface area contributed by atoms with E-state index in [1.165, 1.54) is 0 Å². The van der Waals surface area contributed by atoms with Crippen LogP contribution in [0, 0.1) is 5.92 Å². The first-order valence-electron chi connectivity index (χ1n) is 7.01. The summed E-state index contributed by atoms with van der Waals surface area (Å²) in [6.07, 6.45) is 2.24. The molecule has 1 N–H and O–H groups in total. The molecule has 1 aliphatic rings. The van der Waals surface area contributed by atoms with Gasteiger partial charge < -0.3 is 5.32 Å². The van der Waals surface area contributed by atoms with Crippen molar-refractivity contribution in [3.05, 3.63) is 29.8 Å². The zero-order valence-electron chi connectivity index (χ0n) is 11.9. The second-order valence-corrected chi connectivity index (χ2v) is 7.69. The number of rotatable bonds is 5. The maximum Gasteiger partial charge on any atom is 0.180 e. The molecule has 3 atom stereocenters. The highest BCUT2D eigenvalue weighted by molar-refractivity contribution is 7.91. The molecule has 0 spiro atoms. The van der Waals surface area contributed by atoms with Gasteiger partial charge in [-0.2, -0.15) is 0 Å². The van der Waals surface area contributed by atoms with Gasteiger partial charge in [0.1, 0.15) is 0 Å². The molecule has 1 aromatic rings. The Balaban J connectivity index is 2.12. The third-order valence-electron chi connectivity index (χ3n) is 3.95. The smallest absolute Gasteiger partial charge is 0.180 e. The van der Waals surface area contributed by atoms with Crippen LogP contribution in [-0.2, 0) is 9.84 Å². The van der Waals surface area contributed by atoms with E-state index in [1.54, 1.807) is 12.1 Å². The summed E-state index contributed by atoms with van der Waals surface area (Å²) in [4.78, 5) is 0.503. The van der Waals surface area contributed by atoms with Crippen molar-refractivity contribution in [1.82, 2.24) is 5.32 Å². The fourth-order valence-electron chi connectivity index (χ4n) is 2.77. The fraction of sp³-hybridized carbons (Fsp3) is 0.600. The highest BCUT2D eigenvalue weighted by atomic mass is 32.2. The number of hydrogen-bond acceptors (Lipinski definition) is 3. The molecular formula is C15H23NO2S. The van der Waals surface area contributed by atoms with Crippen LogP contribution in [0.1, 0.15) is 45.2 Å². The molecule has 4 heteroatoms. The van der Waals surface area contributed by atoms with E-state index in [9.17, 15) is 8.42 Å². The Bertz CT molecular complexity index is 539. The van der Waals surface area contributed by atoms with Crippen molar-refractivity contribution in [2.45, 2.75) is 50.6 Å². The molecule has 1 heterocycles. The Morgan fingerprint density at radius 1 is 1.32 bits per heavy atom. The van der Waals surface area contributed by atoms with Gasteiger partial charge in [0.25, 0.3) is 0 Å². The quantitative estimate of drug-likeness (QED) is 0.902. The molecule has 0 saturated carbocycles. The third-order valence-corrected chi connectivity index (χ3v) is 5.77. The Labute approximate surface area is 116 Å². The Kier molecular flexibility index (Phi) is 4.31. The molecule has 2 rings (SSSR count). The van der Waals surface area contributed by atoms with Crippen LogP contribution < -0.4 is 5.32 Å². The van der Waals surface area contributed by atoms with E-state index in [-0.39, 0.29) is 11.8 Å². The summed E-state index contributed by atoms with van der Waals surface area (Å²) in [6.45, 7) is 6.56. The minimum atomic E-state index is -3.10. The summed E-state index contributed by atoms with van der Waals surface area (Å²) >= 11 is 0. The van der Waals surface area contributed by atoms with Crippen molar-refractivity contribution >= 4 is 9.84 Å². The molecule has 19 heavy (non-hydrogen) atoms. The van der Waals surface area contributed by atoms with Gasteiger partial charge in [0.05, 0.1) is 10.6 Å². The monoisotopic (exact) mass is 281 g/mol. The molecule has 0 saturated heterocycles. The molecular weight excluding hydrogens is 258 g/mol. The predicted octanol–water partition coefficient (Wildman–Crippen LogP) is 2.93. The molecule has 0 fully saturated rings. The number of benzene rings is 1. The van der Waals surface area contributed by atoms with Crippen molar-refractivity contribution in [3.63, 3.8) is 0 Å². The van der Waals surface area contributed by atoms with Gasteiger partial charge in [-0.25, -0.2) is 8.42 Å². The lowest BCUT2D eigenvalue weighted by Gasteiger charge is -2.21.